The Hall–Kier alpha value is -2.30. The Kier molecular flexibility index (Phi) is 4.62. The fourth-order valence-corrected chi connectivity index (χ4v) is 1.87. The Morgan fingerprint density at radius 1 is 1.05 bits per heavy atom. The summed E-state index contributed by atoms with van der Waals surface area (Å²) in [6.07, 6.45) is 0. The van der Waals surface area contributed by atoms with E-state index in [1.165, 1.54) is 0 Å². The molecule has 1 aromatic carbocycles. The van der Waals surface area contributed by atoms with Crippen molar-refractivity contribution in [3.05, 3.63) is 35.7 Å². The topological polar surface area (TPSA) is 56.3 Å². The van der Waals surface area contributed by atoms with Crippen molar-refractivity contribution in [3.63, 3.8) is 0 Å². The zero-order valence-electron chi connectivity index (χ0n) is 13.1. The highest BCUT2D eigenvalue weighted by atomic mass is 16.5. The normalized spacial score (nSPS) is 10.6. The summed E-state index contributed by atoms with van der Waals surface area (Å²) in [5.41, 5.74) is 0.887. The van der Waals surface area contributed by atoms with Crippen LogP contribution in [0.3, 0.4) is 0 Å². The van der Waals surface area contributed by atoms with E-state index in [1.807, 2.05) is 38.2 Å². The van der Waals surface area contributed by atoms with E-state index >= 15 is 0 Å². The number of benzene rings is 1. The van der Waals surface area contributed by atoms with Crippen LogP contribution >= 0.6 is 0 Å². The van der Waals surface area contributed by atoms with Crippen molar-refractivity contribution in [2.75, 3.05) is 19.5 Å². The molecule has 0 unspecified atom stereocenters. The third kappa shape index (κ3) is 3.42. The summed E-state index contributed by atoms with van der Waals surface area (Å²) in [6, 6.07) is 7.42. The molecule has 0 spiro atoms. The lowest BCUT2D eigenvalue weighted by atomic mass is 10.2. The summed E-state index contributed by atoms with van der Waals surface area (Å²) >= 11 is 0. The monoisotopic (exact) mass is 287 g/mol. The molecule has 0 aliphatic carbocycles. The van der Waals surface area contributed by atoms with Crippen LogP contribution in [0.15, 0.2) is 24.3 Å². The Bertz CT molecular complexity index is 610. The van der Waals surface area contributed by atoms with E-state index in [2.05, 4.69) is 29.1 Å². The fraction of sp³-hybridized carbons (Fsp3) is 0.375. The summed E-state index contributed by atoms with van der Waals surface area (Å²) in [4.78, 5) is 9.01. The fourth-order valence-electron chi connectivity index (χ4n) is 1.87. The van der Waals surface area contributed by atoms with E-state index in [1.54, 1.807) is 7.11 Å². The molecule has 0 radical (unpaired) electrons. The Labute approximate surface area is 125 Å². The van der Waals surface area contributed by atoms with Gasteiger partial charge < -0.3 is 14.8 Å². The first-order valence-corrected chi connectivity index (χ1v) is 6.93. The zero-order chi connectivity index (χ0) is 15.4. The third-order valence-electron chi connectivity index (χ3n) is 3.15. The molecule has 112 valence electrons. The predicted octanol–water partition coefficient (Wildman–Crippen LogP) is 3.75. The Morgan fingerprint density at radius 2 is 1.67 bits per heavy atom. The number of hydrogen-bond acceptors (Lipinski definition) is 5. The van der Waals surface area contributed by atoms with E-state index in [0.717, 1.165) is 23.0 Å². The minimum absolute atomic E-state index is 0.232. The molecular weight excluding hydrogens is 266 g/mol. The molecule has 0 bridgehead atoms. The molecule has 5 heteroatoms. The van der Waals surface area contributed by atoms with Crippen molar-refractivity contribution >= 4 is 5.82 Å². The van der Waals surface area contributed by atoms with E-state index in [0.29, 0.717) is 11.6 Å². The first-order valence-electron chi connectivity index (χ1n) is 6.93. The van der Waals surface area contributed by atoms with Gasteiger partial charge in [-0.1, -0.05) is 13.8 Å². The molecule has 0 fully saturated rings. The van der Waals surface area contributed by atoms with Gasteiger partial charge in [-0.25, -0.2) is 4.98 Å². The summed E-state index contributed by atoms with van der Waals surface area (Å²) in [6.45, 7) is 6.05. The standard InChI is InChI=1S/C16H21N3O2/c1-10(2)14-18-15(17-4)11(3)16(19-14)21-13-8-6-12(20-5)7-9-13/h6-10H,1-5H3,(H,17,18,19). The first-order chi connectivity index (χ1) is 10.0. The van der Waals surface area contributed by atoms with Gasteiger partial charge in [0.2, 0.25) is 5.88 Å². The largest absolute Gasteiger partial charge is 0.497 e. The van der Waals surface area contributed by atoms with Crippen molar-refractivity contribution in [3.8, 4) is 17.4 Å². The van der Waals surface area contributed by atoms with Crippen LogP contribution in [0, 0.1) is 6.92 Å². The van der Waals surface area contributed by atoms with Gasteiger partial charge >= 0.3 is 0 Å². The summed E-state index contributed by atoms with van der Waals surface area (Å²) in [5.74, 6) is 3.86. The van der Waals surface area contributed by atoms with Gasteiger partial charge in [0.1, 0.15) is 23.1 Å². The molecule has 2 rings (SSSR count). The van der Waals surface area contributed by atoms with E-state index in [4.69, 9.17) is 9.47 Å². The number of hydrogen-bond donors (Lipinski definition) is 1. The second-order valence-corrected chi connectivity index (χ2v) is 5.04. The van der Waals surface area contributed by atoms with Gasteiger partial charge in [-0.2, -0.15) is 4.98 Å². The lowest BCUT2D eigenvalue weighted by Gasteiger charge is -2.14. The molecule has 5 nitrogen and oxygen atoms in total. The highest BCUT2D eigenvalue weighted by molar-refractivity contribution is 5.49. The lowest BCUT2D eigenvalue weighted by molar-refractivity contribution is 0.411. The van der Waals surface area contributed by atoms with Crippen LogP contribution in [0.4, 0.5) is 5.82 Å². The number of rotatable bonds is 5. The van der Waals surface area contributed by atoms with Crippen LogP contribution in [-0.2, 0) is 0 Å². The molecule has 0 amide bonds. The van der Waals surface area contributed by atoms with Crippen LogP contribution in [0.25, 0.3) is 0 Å². The molecule has 0 aliphatic heterocycles. The van der Waals surface area contributed by atoms with Gasteiger partial charge in [0.25, 0.3) is 0 Å². The van der Waals surface area contributed by atoms with Gasteiger partial charge in [0.05, 0.1) is 12.7 Å². The van der Waals surface area contributed by atoms with Crippen molar-refractivity contribution in [1.82, 2.24) is 9.97 Å². The van der Waals surface area contributed by atoms with E-state index in [-0.39, 0.29) is 5.92 Å². The van der Waals surface area contributed by atoms with Crippen LogP contribution in [0.2, 0.25) is 0 Å². The highest BCUT2D eigenvalue weighted by Crippen LogP contribution is 2.29. The maximum atomic E-state index is 5.90. The maximum Gasteiger partial charge on any atom is 0.227 e. The van der Waals surface area contributed by atoms with Crippen LogP contribution < -0.4 is 14.8 Å². The van der Waals surface area contributed by atoms with E-state index in [9.17, 15) is 0 Å². The van der Waals surface area contributed by atoms with Gasteiger partial charge in [-0.15, -0.1) is 0 Å². The smallest absolute Gasteiger partial charge is 0.227 e. The number of methoxy groups -OCH3 is 1. The number of anilines is 1. The molecule has 21 heavy (non-hydrogen) atoms. The highest BCUT2D eigenvalue weighted by Gasteiger charge is 2.14. The molecule has 1 heterocycles. The minimum Gasteiger partial charge on any atom is -0.497 e. The number of aromatic nitrogens is 2. The molecular formula is C16H21N3O2. The van der Waals surface area contributed by atoms with Gasteiger partial charge in [0.15, 0.2) is 0 Å². The Morgan fingerprint density at radius 3 is 2.19 bits per heavy atom. The number of ether oxygens (including phenoxy) is 2. The van der Waals surface area contributed by atoms with Crippen LogP contribution in [-0.4, -0.2) is 24.1 Å². The Balaban J connectivity index is 2.35. The van der Waals surface area contributed by atoms with Crippen molar-refractivity contribution in [1.29, 1.82) is 0 Å². The second-order valence-electron chi connectivity index (χ2n) is 5.04. The lowest BCUT2D eigenvalue weighted by Crippen LogP contribution is -2.06. The minimum atomic E-state index is 0.232. The summed E-state index contributed by atoms with van der Waals surface area (Å²) < 4.78 is 11.0. The first kappa shape index (κ1) is 15.1. The number of nitrogens with one attached hydrogen (secondary N) is 1. The molecule has 2 aromatic rings. The van der Waals surface area contributed by atoms with Crippen molar-refractivity contribution < 1.29 is 9.47 Å². The molecule has 0 atom stereocenters. The molecule has 1 N–H and O–H groups in total. The molecule has 0 saturated heterocycles. The molecule has 0 aliphatic rings. The van der Waals surface area contributed by atoms with Crippen molar-refractivity contribution in [2.24, 2.45) is 0 Å². The SMILES string of the molecule is CNc1nc(C(C)C)nc(Oc2ccc(OC)cc2)c1C. The summed E-state index contributed by atoms with van der Waals surface area (Å²) in [7, 11) is 3.48. The van der Waals surface area contributed by atoms with E-state index < -0.39 is 0 Å². The average Bonchev–Trinajstić information content (AvgIpc) is 2.49. The van der Waals surface area contributed by atoms with Gasteiger partial charge in [-0.05, 0) is 31.2 Å². The van der Waals surface area contributed by atoms with Crippen LogP contribution in [0.1, 0.15) is 31.2 Å². The molecule has 0 saturated carbocycles. The number of nitrogens with zero attached hydrogens (tertiary/aromatic N) is 2. The molecule has 1 aromatic heterocycles. The second kappa shape index (κ2) is 6.43. The summed E-state index contributed by atoms with van der Waals surface area (Å²) in [5, 5.41) is 3.08. The van der Waals surface area contributed by atoms with Gasteiger partial charge in [-0.3, -0.25) is 0 Å². The quantitative estimate of drug-likeness (QED) is 0.907. The van der Waals surface area contributed by atoms with Crippen molar-refractivity contribution in [2.45, 2.75) is 26.7 Å². The third-order valence-corrected chi connectivity index (χ3v) is 3.15. The zero-order valence-corrected chi connectivity index (χ0v) is 13.1. The average molecular weight is 287 g/mol. The predicted molar refractivity (Wildman–Crippen MR) is 83.5 cm³/mol. The maximum absolute atomic E-state index is 5.90. The van der Waals surface area contributed by atoms with Crippen LogP contribution in [0.5, 0.6) is 17.4 Å². The van der Waals surface area contributed by atoms with Gasteiger partial charge in [0, 0.05) is 13.0 Å².